The Balaban J connectivity index is 2.16. The van der Waals surface area contributed by atoms with E-state index < -0.39 is 0 Å². The van der Waals surface area contributed by atoms with Gasteiger partial charge in [0, 0.05) is 0 Å². The van der Waals surface area contributed by atoms with Gasteiger partial charge in [-0.2, -0.15) is 0 Å². The van der Waals surface area contributed by atoms with Gasteiger partial charge in [0.2, 0.25) is 0 Å². The van der Waals surface area contributed by atoms with Gasteiger partial charge in [0.25, 0.3) is 0 Å². The summed E-state index contributed by atoms with van der Waals surface area (Å²) in [6, 6.07) is 5.91. The van der Waals surface area contributed by atoms with E-state index in [1.165, 1.54) is 0 Å². The number of ether oxygens (including phenoxy) is 1. The van der Waals surface area contributed by atoms with Gasteiger partial charge in [-0.3, -0.25) is 4.79 Å². The van der Waals surface area contributed by atoms with Crippen LogP contribution in [-0.2, 0) is 25.3 Å². The van der Waals surface area contributed by atoms with Crippen molar-refractivity contribution in [3.8, 4) is 0 Å². The molecule has 1 aromatic rings. The van der Waals surface area contributed by atoms with Crippen LogP contribution < -0.4 is 5.46 Å². The average molecular weight is 304 g/mol. The van der Waals surface area contributed by atoms with Gasteiger partial charge >= 0.3 is 13.1 Å². The summed E-state index contributed by atoms with van der Waals surface area (Å²) >= 11 is 0. The molecule has 0 spiro atoms. The van der Waals surface area contributed by atoms with Crippen molar-refractivity contribution in [2.24, 2.45) is 0 Å². The SMILES string of the molecule is CCOC(=O)Cc1ccc(B2OC(C)(C)C(C)(C)O2)c(C)c1. The maximum Gasteiger partial charge on any atom is 0.495 e. The molecule has 1 aromatic carbocycles. The van der Waals surface area contributed by atoms with Crippen molar-refractivity contribution in [2.75, 3.05) is 6.61 Å². The molecule has 22 heavy (non-hydrogen) atoms. The number of carbonyl (C=O) groups is 1. The molecule has 0 aromatic heterocycles. The van der Waals surface area contributed by atoms with E-state index in [9.17, 15) is 4.79 Å². The topological polar surface area (TPSA) is 44.8 Å². The Morgan fingerprint density at radius 3 is 2.27 bits per heavy atom. The van der Waals surface area contributed by atoms with Crippen molar-refractivity contribution in [3.05, 3.63) is 29.3 Å². The molecule has 1 aliphatic rings. The van der Waals surface area contributed by atoms with Crippen LogP contribution in [0.1, 0.15) is 45.7 Å². The third kappa shape index (κ3) is 3.36. The van der Waals surface area contributed by atoms with Crippen molar-refractivity contribution < 1.29 is 18.8 Å². The average Bonchev–Trinajstić information content (AvgIpc) is 2.58. The quantitative estimate of drug-likeness (QED) is 0.633. The van der Waals surface area contributed by atoms with Crippen LogP contribution in [0.2, 0.25) is 0 Å². The first-order chi connectivity index (χ1) is 10.2. The molecule has 5 heteroatoms. The monoisotopic (exact) mass is 304 g/mol. The number of hydrogen-bond acceptors (Lipinski definition) is 4. The standard InChI is InChI=1S/C17H25BO4/c1-7-20-15(19)11-13-8-9-14(12(2)10-13)18-21-16(3,4)17(5,6)22-18/h8-10H,7,11H2,1-6H3. The molecule has 1 fully saturated rings. The van der Waals surface area contributed by atoms with Crippen LogP contribution in [0.15, 0.2) is 18.2 Å². The summed E-state index contributed by atoms with van der Waals surface area (Å²) in [5.41, 5.74) is 2.30. The fourth-order valence-corrected chi connectivity index (χ4v) is 2.46. The molecule has 0 bridgehead atoms. The van der Waals surface area contributed by atoms with Crippen LogP contribution in [0, 0.1) is 6.92 Å². The van der Waals surface area contributed by atoms with E-state index in [1.54, 1.807) is 0 Å². The number of esters is 1. The molecule has 4 nitrogen and oxygen atoms in total. The van der Waals surface area contributed by atoms with Crippen LogP contribution in [0.25, 0.3) is 0 Å². The second-order valence-corrected chi connectivity index (χ2v) is 6.76. The van der Waals surface area contributed by atoms with Crippen molar-refractivity contribution >= 4 is 18.6 Å². The molecule has 1 saturated heterocycles. The highest BCUT2D eigenvalue weighted by Crippen LogP contribution is 2.36. The molecule has 0 unspecified atom stereocenters. The molecule has 1 aliphatic heterocycles. The molecule has 0 atom stereocenters. The minimum absolute atomic E-state index is 0.203. The highest BCUT2D eigenvalue weighted by molar-refractivity contribution is 6.62. The summed E-state index contributed by atoms with van der Waals surface area (Å²) in [6.45, 7) is 12.4. The smallest absolute Gasteiger partial charge is 0.466 e. The lowest BCUT2D eigenvalue weighted by Crippen LogP contribution is -2.41. The van der Waals surface area contributed by atoms with Crippen molar-refractivity contribution in [1.29, 1.82) is 0 Å². The van der Waals surface area contributed by atoms with Crippen LogP contribution >= 0.6 is 0 Å². The van der Waals surface area contributed by atoms with Gasteiger partial charge in [-0.1, -0.05) is 23.8 Å². The second-order valence-electron chi connectivity index (χ2n) is 6.76. The molecule has 2 rings (SSSR count). The minimum atomic E-state index is -0.373. The fourth-order valence-electron chi connectivity index (χ4n) is 2.46. The first-order valence-electron chi connectivity index (χ1n) is 7.77. The van der Waals surface area contributed by atoms with Crippen LogP contribution in [0.5, 0.6) is 0 Å². The second kappa shape index (κ2) is 6.05. The highest BCUT2D eigenvalue weighted by atomic mass is 16.7. The van der Waals surface area contributed by atoms with Gasteiger partial charge in [-0.15, -0.1) is 0 Å². The lowest BCUT2D eigenvalue weighted by molar-refractivity contribution is -0.142. The lowest BCUT2D eigenvalue weighted by Gasteiger charge is -2.32. The highest BCUT2D eigenvalue weighted by Gasteiger charge is 2.51. The molecule has 0 radical (unpaired) electrons. The molecule has 120 valence electrons. The van der Waals surface area contributed by atoms with Gasteiger partial charge in [-0.25, -0.2) is 0 Å². The van der Waals surface area contributed by atoms with E-state index in [0.717, 1.165) is 16.6 Å². The number of carbonyl (C=O) groups excluding carboxylic acids is 1. The van der Waals surface area contributed by atoms with Gasteiger partial charge in [0.1, 0.15) is 0 Å². The summed E-state index contributed by atoms with van der Waals surface area (Å²) in [6.07, 6.45) is 0.290. The normalized spacial score (nSPS) is 19.3. The molecule has 0 aliphatic carbocycles. The lowest BCUT2D eigenvalue weighted by atomic mass is 9.75. The number of hydrogen-bond donors (Lipinski definition) is 0. The Kier molecular flexibility index (Phi) is 4.69. The Morgan fingerprint density at radius 2 is 1.77 bits per heavy atom. The van der Waals surface area contributed by atoms with E-state index >= 15 is 0 Å². The number of rotatable bonds is 4. The van der Waals surface area contributed by atoms with Crippen molar-refractivity contribution in [1.82, 2.24) is 0 Å². The molecular formula is C17H25BO4. The fraction of sp³-hybridized carbons (Fsp3) is 0.588. The Hall–Kier alpha value is -1.33. The Morgan fingerprint density at radius 1 is 1.18 bits per heavy atom. The third-order valence-corrected chi connectivity index (χ3v) is 4.50. The zero-order valence-electron chi connectivity index (χ0n) is 14.4. The predicted molar refractivity (Wildman–Crippen MR) is 87.2 cm³/mol. The van der Waals surface area contributed by atoms with Gasteiger partial charge in [-0.05, 0) is 52.6 Å². The first-order valence-corrected chi connectivity index (χ1v) is 7.77. The first kappa shape index (κ1) is 17.0. The molecule has 0 amide bonds. The predicted octanol–water partition coefficient (Wildman–Crippen LogP) is 2.40. The molecule has 1 heterocycles. The largest absolute Gasteiger partial charge is 0.495 e. The van der Waals surface area contributed by atoms with E-state index in [2.05, 4.69) is 0 Å². The molecule has 0 N–H and O–H groups in total. The summed E-state index contributed by atoms with van der Waals surface area (Å²) in [4.78, 5) is 11.6. The van der Waals surface area contributed by atoms with Crippen molar-refractivity contribution in [3.63, 3.8) is 0 Å². The maximum atomic E-state index is 11.6. The zero-order valence-corrected chi connectivity index (χ0v) is 14.4. The van der Waals surface area contributed by atoms with Crippen LogP contribution in [0.4, 0.5) is 0 Å². The molecule has 0 saturated carbocycles. The number of benzene rings is 1. The summed E-state index contributed by atoms with van der Waals surface area (Å²) in [7, 11) is -0.373. The Labute approximate surface area is 133 Å². The minimum Gasteiger partial charge on any atom is -0.466 e. The number of aryl methyl sites for hydroxylation is 1. The maximum absolute atomic E-state index is 11.6. The summed E-state index contributed by atoms with van der Waals surface area (Å²) in [5.74, 6) is -0.203. The Bertz CT molecular complexity index is 550. The zero-order chi connectivity index (χ0) is 16.5. The van der Waals surface area contributed by atoms with Crippen LogP contribution in [-0.4, -0.2) is 30.9 Å². The van der Waals surface area contributed by atoms with Gasteiger partial charge in [0.15, 0.2) is 0 Å². The van der Waals surface area contributed by atoms with E-state index in [1.807, 2.05) is 59.7 Å². The molecular weight excluding hydrogens is 279 g/mol. The summed E-state index contributed by atoms with van der Waals surface area (Å²) in [5, 5.41) is 0. The van der Waals surface area contributed by atoms with Crippen LogP contribution in [0.3, 0.4) is 0 Å². The van der Waals surface area contributed by atoms with E-state index in [-0.39, 0.29) is 24.3 Å². The third-order valence-electron chi connectivity index (χ3n) is 4.50. The van der Waals surface area contributed by atoms with Gasteiger partial charge in [0.05, 0.1) is 24.2 Å². The summed E-state index contributed by atoms with van der Waals surface area (Å²) < 4.78 is 17.1. The van der Waals surface area contributed by atoms with E-state index in [0.29, 0.717) is 13.0 Å². The van der Waals surface area contributed by atoms with Crippen molar-refractivity contribution in [2.45, 2.75) is 59.2 Å². The van der Waals surface area contributed by atoms with Gasteiger partial charge < -0.3 is 14.0 Å². The van der Waals surface area contributed by atoms with E-state index in [4.69, 9.17) is 14.0 Å².